The van der Waals surface area contributed by atoms with Crippen molar-refractivity contribution in [3.05, 3.63) is 53.1 Å². The second-order valence-corrected chi connectivity index (χ2v) is 9.67. The maximum atomic E-state index is 12.7. The highest BCUT2D eigenvalue weighted by Crippen LogP contribution is 2.40. The molecule has 0 aliphatic heterocycles. The monoisotopic (exact) mass is 410 g/mol. The van der Waals surface area contributed by atoms with E-state index in [9.17, 15) is 4.79 Å². The minimum absolute atomic E-state index is 0.0249. The Hall–Kier alpha value is -2.49. The van der Waals surface area contributed by atoms with Crippen molar-refractivity contribution >= 4 is 11.6 Å². The molecule has 1 amide bonds. The quantitative estimate of drug-likeness (QED) is 0.483. The van der Waals surface area contributed by atoms with Gasteiger partial charge in [-0.25, -0.2) is 0 Å². The van der Waals surface area contributed by atoms with Crippen LogP contribution in [0.25, 0.3) is 0 Å². The van der Waals surface area contributed by atoms with E-state index in [1.807, 2.05) is 19.9 Å². The smallest absolute Gasteiger partial charge is 0.255 e. The van der Waals surface area contributed by atoms with Gasteiger partial charge >= 0.3 is 0 Å². The standard InChI is InChI=1S/C26H38N2O2/c1-9-25(5,6)18-11-13-23(21(15-18)26(7,8)10-2)30-22-14-12-19(27)16-20(22)24(29)28-17(3)4/h11-17H,9-10,27H2,1-8H3,(H,28,29). The average molecular weight is 411 g/mol. The average Bonchev–Trinajstić information content (AvgIpc) is 2.68. The lowest BCUT2D eigenvalue weighted by Crippen LogP contribution is -2.30. The van der Waals surface area contributed by atoms with Crippen LogP contribution < -0.4 is 15.8 Å². The molecule has 0 bridgehead atoms. The first kappa shape index (κ1) is 23.8. The maximum Gasteiger partial charge on any atom is 0.255 e. The summed E-state index contributed by atoms with van der Waals surface area (Å²) in [5, 5.41) is 2.93. The van der Waals surface area contributed by atoms with Gasteiger partial charge in [0.1, 0.15) is 11.5 Å². The van der Waals surface area contributed by atoms with E-state index in [-0.39, 0.29) is 22.8 Å². The number of hydrogen-bond donors (Lipinski definition) is 2. The van der Waals surface area contributed by atoms with E-state index in [0.717, 1.165) is 24.2 Å². The van der Waals surface area contributed by atoms with Crippen LogP contribution in [0.4, 0.5) is 5.69 Å². The Bertz CT molecular complexity index is 898. The van der Waals surface area contributed by atoms with E-state index in [2.05, 4.69) is 59.0 Å². The molecule has 164 valence electrons. The predicted molar refractivity (Wildman–Crippen MR) is 127 cm³/mol. The molecular formula is C26H38N2O2. The summed E-state index contributed by atoms with van der Waals surface area (Å²) in [5.41, 5.74) is 9.40. The number of nitrogens with two attached hydrogens (primary N) is 1. The summed E-state index contributed by atoms with van der Waals surface area (Å²) in [5.74, 6) is 1.10. The number of hydrogen-bond acceptors (Lipinski definition) is 3. The van der Waals surface area contributed by atoms with Gasteiger partial charge in [0.2, 0.25) is 0 Å². The second kappa shape index (κ2) is 9.11. The van der Waals surface area contributed by atoms with Crippen LogP contribution in [0, 0.1) is 0 Å². The molecule has 2 rings (SSSR count). The summed E-state index contributed by atoms with van der Waals surface area (Å²) in [6.45, 7) is 17.2. The Balaban J connectivity index is 2.57. The van der Waals surface area contributed by atoms with Crippen LogP contribution in [-0.4, -0.2) is 11.9 Å². The van der Waals surface area contributed by atoms with Crippen molar-refractivity contribution in [1.82, 2.24) is 5.32 Å². The third kappa shape index (κ3) is 5.35. The Labute approximate surface area is 182 Å². The molecule has 2 aromatic carbocycles. The van der Waals surface area contributed by atoms with E-state index >= 15 is 0 Å². The normalized spacial score (nSPS) is 12.2. The van der Waals surface area contributed by atoms with Gasteiger partial charge in [-0.15, -0.1) is 0 Å². The zero-order chi connectivity index (χ0) is 22.7. The fraction of sp³-hybridized carbons (Fsp3) is 0.500. The summed E-state index contributed by atoms with van der Waals surface area (Å²) >= 11 is 0. The van der Waals surface area contributed by atoms with E-state index in [1.165, 1.54) is 5.56 Å². The lowest BCUT2D eigenvalue weighted by Gasteiger charge is -2.30. The van der Waals surface area contributed by atoms with Gasteiger partial charge in [0, 0.05) is 17.3 Å². The number of nitrogens with one attached hydrogen (secondary N) is 1. The first-order valence-electron chi connectivity index (χ1n) is 10.9. The highest BCUT2D eigenvalue weighted by Gasteiger charge is 2.27. The minimum atomic E-state index is -0.188. The molecule has 3 N–H and O–H groups in total. The van der Waals surface area contributed by atoms with Gasteiger partial charge in [-0.1, -0.05) is 53.7 Å². The van der Waals surface area contributed by atoms with Crippen LogP contribution in [0.2, 0.25) is 0 Å². The molecule has 0 saturated carbocycles. The van der Waals surface area contributed by atoms with Gasteiger partial charge in [-0.2, -0.15) is 0 Å². The third-order valence-electron chi connectivity index (χ3n) is 6.15. The van der Waals surface area contributed by atoms with Crippen LogP contribution in [0.15, 0.2) is 36.4 Å². The number of amides is 1. The Morgan fingerprint density at radius 2 is 1.57 bits per heavy atom. The van der Waals surface area contributed by atoms with Crippen molar-refractivity contribution < 1.29 is 9.53 Å². The summed E-state index contributed by atoms with van der Waals surface area (Å²) in [7, 11) is 0. The van der Waals surface area contributed by atoms with Crippen LogP contribution in [0.5, 0.6) is 11.5 Å². The zero-order valence-electron chi connectivity index (χ0n) is 19.8. The number of nitrogen functional groups attached to an aromatic ring is 1. The first-order chi connectivity index (χ1) is 13.9. The molecule has 0 fully saturated rings. The van der Waals surface area contributed by atoms with Crippen LogP contribution in [0.3, 0.4) is 0 Å². The van der Waals surface area contributed by atoms with E-state index < -0.39 is 0 Å². The van der Waals surface area contributed by atoms with Crippen molar-refractivity contribution in [2.24, 2.45) is 0 Å². The molecule has 0 unspecified atom stereocenters. The zero-order valence-corrected chi connectivity index (χ0v) is 19.8. The lowest BCUT2D eigenvalue weighted by atomic mass is 9.76. The van der Waals surface area contributed by atoms with Crippen molar-refractivity contribution in [1.29, 1.82) is 0 Å². The topological polar surface area (TPSA) is 64.3 Å². The Morgan fingerprint density at radius 3 is 2.13 bits per heavy atom. The third-order valence-corrected chi connectivity index (χ3v) is 6.15. The number of carbonyl (C=O) groups is 1. The van der Waals surface area contributed by atoms with Crippen molar-refractivity contribution in [2.75, 3.05) is 5.73 Å². The molecule has 0 radical (unpaired) electrons. The highest BCUT2D eigenvalue weighted by molar-refractivity contribution is 5.98. The van der Waals surface area contributed by atoms with E-state index in [0.29, 0.717) is 17.0 Å². The van der Waals surface area contributed by atoms with E-state index in [1.54, 1.807) is 18.2 Å². The number of rotatable bonds is 8. The largest absolute Gasteiger partial charge is 0.456 e. The minimum Gasteiger partial charge on any atom is -0.456 e. The molecule has 30 heavy (non-hydrogen) atoms. The maximum absolute atomic E-state index is 12.7. The van der Waals surface area contributed by atoms with Gasteiger partial charge in [-0.05, 0) is 67.3 Å². The predicted octanol–water partition coefficient (Wildman–Crippen LogP) is 6.57. The second-order valence-electron chi connectivity index (χ2n) is 9.67. The molecule has 0 spiro atoms. The lowest BCUT2D eigenvalue weighted by molar-refractivity contribution is 0.0941. The number of benzene rings is 2. The SMILES string of the molecule is CCC(C)(C)c1ccc(Oc2ccc(N)cc2C(=O)NC(C)C)c(C(C)(C)CC)c1. The summed E-state index contributed by atoms with van der Waals surface area (Å²) in [6, 6.07) is 11.7. The van der Waals surface area contributed by atoms with Crippen LogP contribution in [0.1, 0.15) is 89.7 Å². The molecule has 0 saturated heterocycles. The molecule has 0 aliphatic rings. The van der Waals surface area contributed by atoms with Gasteiger partial charge in [-0.3, -0.25) is 4.79 Å². The van der Waals surface area contributed by atoms with Gasteiger partial charge in [0.05, 0.1) is 5.56 Å². The molecule has 4 heteroatoms. The molecule has 0 atom stereocenters. The van der Waals surface area contributed by atoms with Crippen molar-refractivity contribution in [3.63, 3.8) is 0 Å². The van der Waals surface area contributed by atoms with Gasteiger partial charge in [0.15, 0.2) is 0 Å². The molecular weight excluding hydrogens is 372 g/mol. The number of anilines is 1. The van der Waals surface area contributed by atoms with Crippen molar-refractivity contribution in [2.45, 2.75) is 85.1 Å². The summed E-state index contributed by atoms with van der Waals surface area (Å²) in [4.78, 5) is 12.7. The van der Waals surface area contributed by atoms with E-state index in [4.69, 9.17) is 10.5 Å². The van der Waals surface area contributed by atoms with Crippen LogP contribution >= 0.6 is 0 Å². The van der Waals surface area contributed by atoms with Crippen LogP contribution in [-0.2, 0) is 10.8 Å². The fourth-order valence-electron chi connectivity index (χ4n) is 3.24. The van der Waals surface area contributed by atoms with Gasteiger partial charge < -0.3 is 15.8 Å². The highest BCUT2D eigenvalue weighted by atomic mass is 16.5. The molecule has 0 heterocycles. The first-order valence-corrected chi connectivity index (χ1v) is 10.9. The fourth-order valence-corrected chi connectivity index (χ4v) is 3.24. The summed E-state index contributed by atoms with van der Waals surface area (Å²) < 4.78 is 6.37. The Morgan fingerprint density at radius 1 is 0.967 bits per heavy atom. The Kier molecular flexibility index (Phi) is 7.23. The van der Waals surface area contributed by atoms with Crippen molar-refractivity contribution in [3.8, 4) is 11.5 Å². The molecule has 0 aromatic heterocycles. The summed E-state index contributed by atoms with van der Waals surface area (Å²) in [6.07, 6.45) is 2.03. The molecule has 4 nitrogen and oxygen atoms in total. The molecule has 2 aromatic rings. The number of carbonyl (C=O) groups excluding carboxylic acids is 1. The number of ether oxygens (including phenoxy) is 1. The molecule has 0 aliphatic carbocycles. The van der Waals surface area contributed by atoms with Gasteiger partial charge in [0.25, 0.3) is 5.91 Å².